The Bertz CT molecular complexity index is 461. The van der Waals surface area contributed by atoms with E-state index in [-0.39, 0.29) is 17.9 Å². The lowest BCUT2D eigenvalue weighted by Crippen LogP contribution is -2.48. The van der Waals surface area contributed by atoms with E-state index in [1.165, 1.54) is 4.88 Å². The molecule has 3 N–H and O–H groups in total. The summed E-state index contributed by atoms with van der Waals surface area (Å²) in [5, 5.41) is 5.07. The quantitative estimate of drug-likeness (QED) is 0.885. The minimum absolute atomic E-state index is 0.0278. The van der Waals surface area contributed by atoms with Crippen LogP contribution in [0.25, 0.3) is 0 Å². The molecule has 1 saturated heterocycles. The number of urea groups is 1. The van der Waals surface area contributed by atoms with Gasteiger partial charge in [-0.25, -0.2) is 4.79 Å². The summed E-state index contributed by atoms with van der Waals surface area (Å²) in [6.45, 7) is 3.10. The van der Waals surface area contributed by atoms with Crippen LogP contribution < -0.4 is 11.1 Å². The van der Waals surface area contributed by atoms with Crippen molar-refractivity contribution in [3.63, 3.8) is 0 Å². The number of hydrogen-bond acceptors (Lipinski definition) is 3. The summed E-state index contributed by atoms with van der Waals surface area (Å²) in [5.74, 6) is -0.109. The second kappa shape index (κ2) is 6.74. The normalized spacial score (nSPS) is 20.4. The lowest BCUT2D eigenvalue weighted by atomic mass is 9.97. The minimum Gasteiger partial charge on any atom is -0.353 e. The number of thiophene rings is 1. The molecule has 0 bridgehead atoms. The van der Waals surface area contributed by atoms with Gasteiger partial charge in [-0.05, 0) is 31.2 Å². The van der Waals surface area contributed by atoms with E-state index in [4.69, 9.17) is 5.73 Å². The molecule has 110 valence electrons. The first-order valence-electron chi connectivity index (χ1n) is 6.93. The number of nitrogens with one attached hydrogen (secondary N) is 1. The predicted octanol–water partition coefficient (Wildman–Crippen LogP) is 1.59. The Balaban J connectivity index is 1.83. The maximum absolute atomic E-state index is 12.2. The average Bonchev–Trinajstić information content (AvgIpc) is 2.91. The highest BCUT2D eigenvalue weighted by Crippen LogP contribution is 2.17. The molecule has 0 unspecified atom stereocenters. The van der Waals surface area contributed by atoms with Gasteiger partial charge in [-0.15, -0.1) is 11.3 Å². The number of carbonyl (C=O) groups is 2. The van der Waals surface area contributed by atoms with Gasteiger partial charge >= 0.3 is 6.03 Å². The third-order valence-electron chi connectivity index (χ3n) is 3.58. The van der Waals surface area contributed by atoms with Crippen LogP contribution in [0, 0.1) is 5.92 Å². The van der Waals surface area contributed by atoms with Gasteiger partial charge in [0, 0.05) is 30.4 Å². The molecule has 0 aliphatic carbocycles. The Hall–Kier alpha value is -1.56. The predicted molar refractivity (Wildman–Crippen MR) is 79.5 cm³/mol. The molecule has 1 aromatic rings. The molecule has 0 spiro atoms. The van der Waals surface area contributed by atoms with Crippen molar-refractivity contribution in [3.8, 4) is 0 Å². The van der Waals surface area contributed by atoms with Crippen molar-refractivity contribution in [1.29, 1.82) is 0 Å². The van der Waals surface area contributed by atoms with Crippen molar-refractivity contribution in [2.75, 3.05) is 13.1 Å². The monoisotopic (exact) mass is 295 g/mol. The molecular formula is C14H21N3O2S. The summed E-state index contributed by atoms with van der Waals surface area (Å²) >= 11 is 1.70. The maximum Gasteiger partial charge on any atom is 0.314 e. The van der Waals surface area contributed by atoms with E-state index in [9.17, 15) is 9.59 Å². The Kier molecular flexibility index (Phi) is 5.00. The van der Waals surface area contributed by atoms with Crippen molar-refractivity contribution in [1.82, 2.24) is 10.2 Å². The number of amides is 3. The minimum atomic E-state index is -0.436. The van der Waals surface area contributed by atoms with E-state index in [1.807, 2.05) is 18.4 Å². The van der Waals surface area contributed by atoms with E-state index in [0.29, 0.717) is 13.1 Å². The van der Waals surface area contributed by atoms with Crippen molar-refractivity contribution in [2.24, 2.45) is 11.7 Å². The molecule has 2 heterocycles. The zero-order valence-corrected chi connectivity index (χ0v) is 12.5. The van der Waals surface area contributed by atoms with Gasteiger partial charge in [0.2, 0.25) is 5.91 Å². The van der Waals surface area contributed by atoms with Crippen LogP contribution in [-0.4, -0.2) is 36.0 Å². The van der Waals surface area contributed by atoms with Crippen molar-refractivity contribution < 1.29 is 9.59 Å². The molecule has 1 aliphatic heterocycles. The van der Waals surface area contributed by atoms with Crippen LogP contribution in [0.3, 0.4) is 0 Å². The van der Waals surface area contributed by atoms with Crippen LogP contribution in [0.2, 0.25) is 0 Å². The lowest BCUT2D eigenvalue weighted by molar-refractivity contribution is -0.126. The van der Waals surface area contributed by atoms with E-state index < -0.39 is 6.03 Å². The van der Waals surface area contributed by atoms with Crippen LogP contribution >= 0.6 is 11.3 Å². The third-order valence-corrected chi connectivity index (χ3v) is 4.48. The zero-order chi connectivity index (χ0) is 14.5. The Labute approximate surface area is 123 Å². The highest BCUT2D eigenvalue weighted by Gasteiger charge is 2.27. The van der Waals surface area contributed by atoms with Gasteiger partial charge in [0.25, 0.3) is 0 Å². The van der Waals surface area contributed by atoms with Gasteiger partial charge in [0.1, 0.15) is 0 Å². The van der Waals surface area contributed by atoms with E-state index in [2.05, 4.69) is 11.4 Å². The molecule has 1 aromatic heterocycles. The number of rotatable bonds is 4. The highest BCUT2D eigenvalue weighted by molar-refractivity contribution is 7.09. The fourth-order valence-electron chi connectivity index (χ4n) is 2.53. The molecule has 2 rings (SSSR count). The Morgan fingerprint density at radius 2 is 2.40 bits per heavy atom. The highest BCUT2D eigenvalue weighted by atomic mass is 32.1. The number of likely N-dealkylation sites (tertiary alicyclic amines) is 1. The van der Waals surface area contributed by atoms with Gasteiger partial charge in [-0.2, -0.15) is 0 Å². The SMILES string of the molecule is C[C@H](Cc1cccs1)NC(=O)[C@@H]1CCCN(C(N)=O)C1. The number of piperidine rings is 1. The first-order chi connectivity index (χ1) is 9.56. The molecule has 2 atom stereocenters. The first kappa shape index (κ1) is 14.8. The fourth-order valence-corrected chi connectivity index (χ4v) is 3.37. The van der Waals surface area contributed by atoms with Gasteiger partial charge in [0.15, 0.2) is 0 Å². The summed E-state index contributed by atoms with van der Waals surface area (Å²) in [7, 11) is 0. The summed E-state index contributed by atoms with van der Waals surface area (Å²) in [4.78, 5) is 26.2. The largest absolute Gasteiger partial charge is 0.353 e. The van der Waals surface area contributed by atoms with Crippen molar-refractivity contribution in [2.45, 2.75) is 32.2 Å². The second-order valence-electron chi connectivity index (χ2n) is 5.32. The van der Waals surface area contributed by atoms with Gasteiger partial charge < -0.3 is 16.0 Å². The van der Waals surface area contributed by atoms with Crippen molar-refractivity contribution in [3.05, 3.63) is 22.4 Å². The third kappa shape index (κ3) is 3.96. The number of hydrogen-bond donors (Lipinski definition) is 2. The van der Waals surface area contributed by atoms with Gasteiger partial charge in [-0.1, -0.05) is 6.07 Å². The molecule has 0 radical (unpaired) electrons. The number of nitrogens with two attached hydrogens (primary N) is 1. The standard InChI is InChI=1S/C14H21N3O2S/c1-10(8-12-5-3-7-20-12)16-13(18)11-4-2-6-17(9-11)14(15)19/h3,5,7,10-11H,2,4,6,8-9H2,1H3,(H2,15,19)(H,16,18)/t10-,11-/m1/s1. The average molecular weight is 295 g/mol. The molecular weight excluding hydrogens is 274 g/mol. The summed E-state index contributed by atoms with van der Waals surface area (Å²) < 4.78 is 0. The lowest BCUT2D eigenvalue weighted by Gasteiger charge is -2.31. The van der Waals surface area contributed by atoms with Crippen LogP contribution in [-0.2, 0) is 11.2 Å². The molecule has 3 amide bonds. The second-order valence-corrected chi connectivity index (χ2v) is 6.35. The van der Waals surface area contributed by atoms with Crippen molar-refractivity contribution >= 4 is 23.3 Å². The molecule has 6 heteroatoms. The smallest absolute Gasteiger partial charge is 0.314 e. The van der Waals surface area contributed by atoms with E-state index in [1.54, 1.807) is 16.2 Å². The topological polar surface area (TPSA) is 75.4 Å². The van der Waals surface area contributed by atoms with Crippen LogP contribution in [0.4, 0.5) is 4.79 Å². The van der Waals surface area contributed by atoms with Crippen LogP contribution in [0.15, 0.2) is 17.5 Å². The zero-order valence-electron chi connectivity index (χ0n) is 11.7. The van der Waals surface area contributed by atoms with Gasteiger partial charge in [0.05, 0.1) is 5.92 Å². The Morgan fingerprint density at radius 3 is 3.05 bits per heavy atom. The first-order valence-corrected chi connectivity index (χ1v) is 7.81. The summed E-state index contributed by atoms with van der Waals surface area (Å²) in [5.41, 5.74) is 5.28. The molecule has 1 aliphatic rings. The summed E-state index contributed by atoms with van der Waals surface area (Å²) in [6.07, 6.45) is 2.50. The van der Waals surface area contributed by atoms with Crippen LogP contribution in [0.5, 0.6) is 0 Å². The molecule has 0 aromatic carbocycles. The molecule has 5 nitrogen and oxygen atoms in total. The summed E-state index contributed by atoms with van der Waals surface area (Å²) in [6, 6.07) is 3.75. The number of carbonyl (C=O) groups excluding carboxylic acids is 2. The van der Waals surface area contributed by atoms with Gasteiger partial charge in [-0.3, -0.25) is 4.79 Å². The number of nitrogens with zero attached hydrogens (tertiary/aromatic N) is 1. The number of primary amides is 1. The molecule has 20 heavy (non-hydrogen) atoms. The van der Waals surface area contributed by atoms with E-state index in [0.717, 1.165) is 19.3 Å². The van der Waals surface area contributed by atoms with E-state index >= 15 is 0 Å². The molecule has 0 saturated carbocycles. The fraction of sp³-hybridized carbons (Fsp3) is 0.571. The Morgan fingerprint density at radius 1 is 1.60 bits per heavy atom. The maximum atomic E-state index is 12.2. The van der Waals surface area contributed by atoms with Crippen LogP contribution in [0.1, 0.15) is 24.6 Å². The molecule has 1 fully saturated rings.